The first-order valence-corrected chi connectivity index (χ1v) is 4.18. The van der Waals surface area contributed by atoms with Crippen LogP contribution in [0.4, 0.5) is 0 Å². The number of terminal acetylenes is 1. The molecule has 0 rings (SSSR count). The molecule has 68 valence electrons. The lowest BCUT2D eigenvalue weighted by Crippen LogP contribution is -2.41. The third-order valence-corrected chi connectivity index (χ3v) is 1.64. The van der Waals surface area contributed by atoms with E-state index in [1.807, 2.05) is 6.92 Å². The van der Waals surface area contributed by atoms with Gasteiger partial charge in [-0.15, -0.1) is 12.3 Å². The van der Waals surface area contributed by atoms with Crippen LogP contribution in [0, 0.1) is 12.3 Å². The molecule has 0 aromatic rings. The monoisotopic (exact) mass is 168 g/mol. The van der Waals surface area contributed by atoms with Crippen LogP contribution in [-0.4, -0.2) is 18.5 Å². The van der Waals surface area contributed by atoms with Crippen LogP contribution in [0.5, 0.6) is 0 Å². The molecule has 3 nitrogen and oxygen atoms in total. The highest BCUT2D eigenvalue weighted by atomic mass is 16.1. The number of nitrogens with one attached hydrogen (secondary N) is 1. The van der Waals surface area contributed by atoms with Crippen LogP contribution in [0.1, 0.15) is 26.2 Å². The lowest BCUT2D eigenvalue weighted by Gasteiger charge is -2.11. The molecule has 12 heavy (non-hydrogen) atoms. The summed E-state index contributed by atoms with van der Waals surface area (Å²) in [4.78, 5) is 10.7. The number of primary amides is 1. The summed E-state index contributed by atoms with van der Waals surface area (Å²) in [5, 5.41) is 3.03. The highest BCUT2D eigenvalue weighted by Crippen LogP contribution is 1.90. The lowest BCUT2D eigenvalue weighted by molar-refractivity contribution is -0.120. The fourth-order valence-corrected chi connectivity index (χ4v) is 0.913. The van der Waals surface area contributed by atoms with Crippen molar-refractivity contribution in [3.05, 3.63) is 0 Å². The number of carbonyl (C=O) groups is 1. The van der Waals surface area contributed by atoms with E-state index in [0.29, 0.717) is 0 Å². The Kier molecular flexibility index (Phi) is 6.12. The average Bonchev–Trinajstić information content (AvgIpc) is 2.04. The van der Waals surface area contributed by atoms with E-state index in [1.54, 1.807) is 0 Å². The molecule has 0 saturated heterocycles. The molecule has 0 radical (unpaired) electrons. The van der Waals surface area contributed by atoms with Gasteiger partial charge in [-0.05, 0) is 19.4 Å². The highest BCUT2D eigenvalue weighted by molar-refractivity contribution is 5.79. The predicted molar refractivity (Wildman–Crippen MR) is 49.3 cm³/mol. The van der Waals surface area contributed by atoms with E-state index in [9.17, 15) is 4.79 Å². The van der Waals surface area contributed by atoms with Gasteiger partial charge in [-0.1, -0.05) is 6.92 Å². The van der Waals surface area contributed by atoms with Crippen LogP contribution >= 0.6 is 0 Å². The summed E-state index contributed by atoms with van der Waals surface area (Å²) in [6, 6.07) is -0.206. The average molecular weight is 168 g/mol. The quantitative estimate of drug-likeness (QED) is 0.441. The summed E-state index contributed by atoms with van der Waals surface area (Å²) in [7, 11) is 0. The van der Waals surface area contributed by atoms with Crippen LogP contribution in [0.25, 0.3) is 0 Å². The van der Waals surface area contributed by atoms with E-state index in [0.717, 1.165) is 25.8 Å². The van der Waals surface area contributed by atoms with Crippen molar-refractivity contribution in [2.24, 2.45) is 5.73 Å². The van der Waals surface area contributed by atoms with Crippen LogP contribution in [0.15, 0.2) is 0 Å². The largest absolute Gasteiger partial charge is 0.368 e. The number of hydrogen-bond acceptors (Lipinski definition) is 2. The molecule has 0 heterocycles. The number of unbranched alkanes of at least 4 members (excludes halogenated alkanes) is 1. The van der Waals surface area contributed by atoms with Crippen molar-refractivity contribution in [2.45, 2.75) is 32.2 Å². The van der Waals surface area contributed by atoms with Crippen molar-refractivity contribution in [1.29, 1.82) is 0 Å². The van der Waals surface area contributed by atoms with Crippen molar-refractivity contribution in [3.63, 3.8) is 0 Å². The standard InChI is InChI=1S/C9H16N2O/c1-3-5-6-7-11-8(4-2)9(10)12/h1,8,11H,4-7H2,2H3,(H2,10,12). The highest BCUT2D eigenvalue weighted by Gasteiger charge is 2.09. The summed E-state index contributed by atoms with van der Waals surface area (Å²) in [6.45, 7) is 2.68. The second-order valence-corrected chi connectivity index (χ2v) is 2.63. The molecule has 0 bridgehead atoms. The molecule has 1 amide bonds. The third kappa shape index (κ3) is 4.75. The lowest BCUT2D eigenvalue weighted by atomic mass is 10.2. The topological polar surface area (TPSA) is 55.1 Å². The van der Waals surface area contributed by atoms with Crippen molar-refractivity contribution < 1.29 is 4.79 Å². The maximum Gasteiger partial charge on any atom is 0.234 e. The first-order chi connectivity index (χ1) is 5.72. The molecule has 0 aliphatic carbocycles. The van der Waals surface area contributed by atoms with E-state index in [2.05, 4.69) is 11.2 Å². The van der Waals surface area contributed by atoms with Gasteiger partial charge < -0.3 is 11.1 Å². The molecule has 0 aromatic heterocycles. The van der Waals surface area contributed by atoms with Gasteiger partial charge in [0.2, 0.25) is 5.91 Å². The Balaban J connectivity index is 3.46. The minimum absolute atomic E-state index is 0.206. The molecular formula is C9H16N2O. The van der Waals surface area contributed by atoms with Crippen molar-refractivity contribution in [2.75, 3.05) is 6.54 Å². The molecule has 0 aromatic carbocycles. The fourth-order valence-electron chi connectivity index (χ4n) is 0.913. The van der Waals surface area contributed by atoms with E-state index in [-0.39, 0.29) is 11.9 Å². The summed E-state index contributed by atoms with van der Waals surface area (Å²) in [5.74, 6) is 2.24. The molecule has 0 aliphatic rings. The van der Waals surface area contributed by atoms with Crippen LogP contribution in [0.2, 0.25) is 0 Å². The fraction of sp³-hybridized carbons (Fsp3) is 0.667. The van der Waals surface area contributed by atoms with Gasteiger partial charge in [0.05, 0.1) is 6.04 Å². The Morgan fingerprint density at radius 2 is 2.42 bits per heavy atom. The first-order valence-electron chi connectivity index (χ1n) is 4.18. The van der Waals surface area contributed by atoms with E-state index in [4.69, 9.17) is 12.2 Å². The van der Waals surface area contributed by atoms with Crippen LogP contribution in [-0.2, 0) is 4.79 Å². The smallest absolute Gasteiger partial charge is 0.234 e. The zero-order valence-corrected chi connectivity index (χ0v) is 7.47. The summed E-state index contributed by atoms with van der Waals surface area (Å²) < 4.78 is 0. The molecule has 0 aliphatic heterocycles. The number of rotatable bonds is 6. The Hall–Kier alpha value is -1.01. The van der Waals surface area contributed by atoms with Gasteiger partial charge in [0.1, 0.15) is 0 Å². The minimum Gasteiger partial charge on any atom is -0.368 e. The maximum atomic E-state index is 10.7. The van der Waals surface area contributed by atoms with Crippen molar-refractivity contribution >= 4 is 5.91 Å². The molecular weight excluding hydrogens is 152 g/mol. The van der Waals surface area contributed by atoms with Crippen LogP contribution < -0.4 is 11.1 Å². The Morgan fingerprint density at radius 1 is 1.75 bits per heavy atom. The Bertz CT molecular complexity index is 172. The number of nitrogens with two attached hydrogens (primary N) is 1. The summed E-state index contributed by atoms with van der Waals surface area (Å²) in [6.07, 6.45) is 7.42. The first kappa shape index (κ1) is 11.0. The van der Waals surface area contributed by atoms with Gasteiger partial charge in [-0.2, -0.15) is 0 Å². The number of hydrogen-bond donors (Lipinski definition) is 2. The molecule has 0 spiro atoms. The van der Waals surface area contributed by atoms with E-state index >= 15 is 0 Å². The molecule has 3 N–H and O–H groups in total. The van der Waals surface area contributed by atoms with Gasteiger partial charge in [-0.3, -0.25) is 4.79 Å². The molecule has 1 atom stereocenters. The van der Waals surface area contributed by atoms with Gasteiger partial charge in [0.25, 0.3) is 0 Å². The second-order valence-electron chi connectivity index (χ2n) is 2.63. The second kappa shape index (κ2) is 6.68. The van der Waals surface area contributed by atoms with Gasteiger partial charge in [0, 0.05) is 6.42 Å². The van der Waals surface area contributed by atoms with Crippen LogP contribution in [0.3, 0.4) is 0 Å². The minimum atomic E-state index is -0.293. The molecule has 3 heteroatoms. The predicted octanol–water partition coefficient (Wildman–Crippen LogP) is 0.253. The Labute approximate surface area is 73.7 Å². The zero-order valence-electron chi connectivity index (χ0n) is 7.47. The maximum absolute atomic E-state index is 10.7. The van der Waals surface area contributed by atoms with E-state index in [1.165, 1.54) is 0 Å². The van der Waals surface area contributed by atoms with Crippen molar-refractivity contribution in [3.8, 4) is 12.3 Å². The molecule has 1 unspecified atom stereocenters. The zero-order chi connectivity index (χ0) is 9.40. The summed E-state index contributed by atoms with van der Waals surface area (Å²) >= 11 is 0. The van der Waals surface area contributed by atoms with Gasteiger partial charge in [0.15, 0.2) is 0 Å². The van der Waals surface area contributed by atoms with Gasteiger partial charge >= 0.3 is 0 Å². The third-order valence-electron chi connectivity index (χ3n) is 1.64. The molecule has 0 saturated carbocycles. The number of amides is 1. The SMILES string of the molecule is C#CCCCNC(CC)C(N)=O. The van der Waals surface area contributed by atoms with Gasteiger partial charge in [-0.25, -0.2) is 0 Å². The van der Waals surface area contributed by atoms with E-state index < -0.39 is 0 Å². The normalized spacial score (nSPS) is 12.0. The Morgan fingerprint density at radius 3 is 2.83 bits per heavy atom. The molecule has 0 fully saturated rings. The number of carbonyl (C=O) groups excluding carboxylic acids is 1. The van der Waals surface area contributed by atoms with Crippen molar-refractivity contribution in [1.82, 2.24) is 5.32 Å². The summed E-state index contributed by atoms with van der Waals surface area (Å²) in [5.41, 5.74) is 5.12.